The van der Waals surface area contributed by atoms with Gasteiger partial charge in [-0.2, -0.15) is 0 Å². The number of amides is 2. The molecule has 2 aliphatic rings. The van der Waals surface area contributed by atoms with E-state index in [1.54, 1.807) is 50.4 Å². The number of esters is 1. The molecular formula is C21H20N2O6. The molecule has 0 radical (unpaired) electrons. The Morgan fingerprint density at radius 1 is 1.14 bits per heavy atom. The van der Waals surface area contributed by atoms with Gasteiger partial charge in [0.15, 0.2) is 11.5 Å². The van der Waals surface area contributed by atoms with Gasteiger partial charge in [-0.15, -0.1) is 0 Å². The number of benzene rings is 2. The van der Waals surface area contributed by atoms with Gasteiger partial charge in [0.1, 0.15) is 12.4 Å². The molecule has 0 saturated heterocycles. The van der Waals surface area contributed by atoms with Crippen LogP contribution in [0.4, 0.5) is 4.79 Å². The van der Waals surface area contributed by atoms with Crippen molar-refractivity contribution in [3.63, 3.8) is 0 Å². The van der Waals surface area contributed by atoms with Crippen molar-refractivity contribution in [2.45, 2.75) is 19.6 Å². The quantitative estimate of drug-likeness (QED) is 0.755. The average Bonchev–Trinajstić information content (AvgIpc) is 3.19. The number of hydrogen-bond acceptors (Lipinski definition) is 6. The molecule has 2 amide bonds. The first-order valence-corrected chi connectivity index (χ1v) is 9.03. The Morgan fingerprint density at radius 2 is 1.90 bits per heavy atom. The maximum atomic E-state index is 12.9. The number of urea groups is 1. The van der Waals surface area contributed by atoms with Crippen LogP contribution in [0.2, 0.25) is 0 Å². The van der Waals surface area contributed by atoms with Crippen LogP contribution >= 0.6 is 0 Å². The van der Waals surface area contributed by atoms with E-state index < -0.39 is 12.0 Å². The molecule has 150 valence electrons. The van der Waals surface area contributed by atoms with E-state index in [9.17, 15) is 9.59 Å². The monoisotopic (exact) mass is 396 g/mol. The summed E-state index contributed by atoms with van der Waals surface area (Å²) in [7, 11) is 1.57. The zero-order valence-electron chi connectivity index (χ0n) is 16.0. The number of methoxy groups -OCH3 is 1. The number of ether oxygens (including phenoxy) is 4. The van der Waals surface area contributed by atoms with Gasteiger partial charge in [-0.05, 0) is 42.3 Å². The third-order valence-corrected chi connectivity index (χ3v) is 4.75. The van der Waals surface area contributed by atoms with Gasteiger partial charge in [-0.3, -0.25) is 0 Å². The molecule has 1 atom stereocenters. The van der Waals surface area contributed by atoms with E-state index in [0.29, 0.717) is 28.5 Å². The standard InChI is InChI=1S/C21H20N2O6/c1-12-18(19(23-21(25)22-12)14-4-6-15(26-2)7-5-14)20(24)27-10-13-3-8-16-17(9-13)29-11-28-16/h3-9,19H,10-11H2,1-2H3,(H2,22,23,25)/t19-/m0/s1. The van der Waals surface area contributed by atoms with Crippen molar-refractivity contribution < 1.29 is 28.5 Å². The maximum Gasteiger partial charge on any atom is 0.338 e. The van der Waals surface area contributed by atoms with Gasteiger partial charge in [0.25, 0.3) is 0 Å². The molecule has 0 spiro atoms. The first kappa shape index (κ1) is 18.7. The van der Waals surface area contributed by atoms with Crippen LogP contribution in [0.25, 0.3) is 0 Å². The Labute approximate surface area is 167 Å². The Bertz CT molecular complexity index is 983. The number of nitrogens with one attached hydrogen (secondary N) is 2. The minimum absolute atomic E-state index is 0.0650. The van der Waals surface area contributed by atoms with Crippen LogP contribution in [0.5, 0.6) is 17.2 Å². The Morgan fingerprint density at radius 3 is 2.66 bits per heavy atom. The molecule has 2 aliphatic heterocycles. The summed E-state index contributed by atoms with van der Waals surface area (Å²) in [5.74, 6) is 1.45. The second-order valence-electron chi connectivity index (χ2n) is 6.61. The Balaban J connectivity index is 1.53. The summed E-state index contributed by atoms with van der Waals surface area (Å²) >= 11 is 0. The first-order valence-electron chi connectivity index (χ1n) is 9.03. The summed E-state index contributed by atoms with van der Waals surface area (Å²) in [4.78, 5) is 24.9. The molecule has 2 aromatic carbocycles. The number of hydrogen-bond donors (Lipinski definition) is 2. The fraction of sp³-hybridized carbons (Fsp3) is 0.238. The van der Waals surface area contributed by atoms with Gasteiger partial charge in [0, 0.05) is 5.70 Å². The van der Waals surface area contributed by atoms with Gasteiger partial charge < -0.3 is 29.6 Å². The molecule has 8 nitrogen and oxygen atoms in total. The highest BCUT2D eigenvalue weighted by Crippen LogP contribution is 2.33. The van der Waals surface area contributed by atoms with Crippen LogP contribution in [-0.4, -0.2) is 25.9 Å². The van der Waals surface area contributed by atoms with Crippen LogP contribution in [0.15, 0.2) is 53.7 Å². The normalized spacial score (nSPS) is 17.4. The summed E-state index contributed by atoms with van der Waals surface area (Å²) in [5, 5.41) is 5.41. The minimum atomic E-state index is -0.626. The van der Waals surface area contributed by atoms with Gasteiger partial charge in [0.05, 0.1) is 18.7 Å². The van der Waals surface area contributed by atoms with E-state index in [4.69, 9.17) is 18.9 Å². The zero-order valence-corrected chi connectivity index (χ0v) is 16.0. The van der Waals surface area contributed by atoms with Gasteiger partial charge in [-0.25, -0.2) is 9.59 Å². The molecular weight excluding hydrogens is 376 g/mol. The van der Waals surface area contributed by atoms with Crippen molar-refractivity contribution in [1.82, 2.24) is 10.6 Å². The molecule has 8 heteroatoms. The van der Waals surface area contributed by atoms with Crippen molar-refractivity contribution in [1.29, 1.82) is 0 Å². The molecule has 2 aromatic rings. The molecule has 0 bridgehead atoms. The number of rotatable bonds is 5. The number of fused-ring (bicyclic) bond motifs is 1. The molecule has 2 heterocycles. The van der Waals surface area contributed by atoms with E-state index in [1.165, 1.54) is 0 Å². The first-order chi connectivity index (χ1) is 14.0. The highest BCUT2D eigenvalue weighted by Gasteiger charge is 2.32. The van der Waals surface area contributed by atoms with Crippen LogP contribution in [0.3, 0.4) is 0 Å². The summed E-state index contributed by atoms with van der Waals surface area (Å²) in [5.41, 5.74) is 2.31. The highest BCUT2D eigenvalue weighted by molar-refractivity contribution is 5.95. The van der Waals surface area contributed by atoms with Gasteiger partial charge in [0.2, 0.25) is 6.79 Å². The largest absolute Gasteiger partial charge is 0.497 e. The summed E-state index contributed by atoms with van der Waals surface area (Å²) in [6.07, 6.45) is 0. The lowest BCUT2D eigenvalue weighted by Crippen LogP contribution is -2.45. The lowest BCUT2D eigenvalue weighted by Gasteiger charge is -2.28. The Hall–Kier alpha value is -3.68. The van der Waals surface area contributed by atoms with Crippen molar-refractivity contribution in [2.75, 3.05) is 13.9 Å². The molecule has 2 N–H and O–H groups in total. The predicted octanol–water partition coefficient (Wildman–Crippen LogP) is 2.80. The molecule has 29 heavy (non-hydrogen) atoms. The van der Waals surface area contributed by atoms with Crippen molar-refractivity contribution in [3.8, 4) is 17.2 Å². The topological polar surface area (TPSA) is 95.1 Å². The zero-order chi connectivity index (χ0) is 20.4. The second kappa shape index (κ2) is 7.75. The van der Waals surface area contributed by atoms with Gasteiger partial charge in [-0.1, -0.05) is 18.2 Å². The highest BCUT2D eigenvalue weighted by atomic mass is 16.7. The third kappa shape index (κ3) is 3.82. The smallest absolute Gasteiger partial charge is 0.338 e. The van der Waals surface area contributed by atoms with Crippen molar-refractivity contribution in [2.24, 2.45) is 0 Å². The van der Waals surface area contributed by atoms with E-state index in [0.717, 1.165) is 11.1 Å². The minimum Gasteiger partial charge on any atom is -0.497 e. The lowest BCUT2D eigenvalue weighted by molar-refractivity contribution is -0.140. The summed E-state index contributed by atoms with van der Waals surface area (Å²) in [6.45, 7) is 1.92. The van der Waals surface area contributed by atoms with E-state index >= 15 is 0 Å². The van der Waals surface area contributed by atoms with Crippen LogP contribution in [-0.2, 0) is 16.1 Å². The van der Waals surface area contributed by atoms with Crippen LogP contribution in [0.1, 0.15) is 24.1 Å². The number of allylic oxidation sites excluding steroid dienone is 1. The van der Waals surface area contributed by atoms with Crippen molar-refractivity contribution >= 4 is 12.0 Å². The number of carbonyl (C=O) groups excluding carboxylic acids is 2. The molecule has 0 aromatic heterocycles. The van der Waals surface area contributed by atoms with E-state index in [1.807, 2.05) is 6.07 Å². The van der Waals surface area contributed by atoms with Gasteiger partial charge >= 0.3 is 12.0 Å². The Kier molecular flexibility index (Phi) is 4.99. The van der Waals surface area contributed by atoms with E-state index in [2.05, 4.69) is 10.6 Å². The third-order valence-electron chi connectivity index (χ3n) is 4.75. The predicted molar refractivity (Wildman–Crippen MR) is 102 cm³/mol. The van der Waals surface area contributed by atoms with Crippen LogP contribution < -0.4 is 24.8 Å². The molecule has 0 aliphatic carbocycles. The van der Waals surface area contributed by atoms with Crippen molar-refractivity contribution in [3.05, 3.63) is 64.9 Å². The van der Waals surface area contributed by atoms with Crippen LogP contribution in [0, 0.1) is 0 Å². The molecule has 0 fully saturated rings. The maximum absolute atomic E-state index is 12.9. The molecule has 0 unspecified atom stereocenters. The summed E-state index contributed by atoms with van der Waals surface area (Å²) in [6, 6.07) is 11.5. The fourth-order valence-electron chi connectivity index (χ4n) is 3.27. The second-order valence-corrected chi connectivity index (χ2v) is 6.61. The fourth-order valence-corrected chi connectivity index (χ4v) is 3.27. The molecule has 0 saturated carbocycles. The average molecular weight is 396 g/mol. The van der Waals surface area contributed by atoms with E-state index in [-0.39, 0.29) is 19.4 Å². The molecule has 4 rings (SSSR count). The SMILES string of the molecule is COc1ccc([C@@H]2NC(=O)NC(C)=C2C(=O)OCc2ccc3c(c2)OCO3)cc1. The summed E-state index contributed by atoms with van der Waals surface area (Å²) < 4.78 is 21.3. The number of carbonyl (C=O) groups is 2. The lowest BCUT2D eigenvalue weighted by atomic mass is 9.95.